The van der Waals surface area contributed by atoms with E-state index < -0.39 is 5.54 Å². The van der Waals surface area contributed by atoms with Gasteiger partial charge in [0.25, 0.3) is 0 Å². The fourth-order valence-electron chi connectivity index (χ4n) is 2.83. The lowest BCUT2D eigenvalue weighted by atomic mass is 9.90. The second kappa shape index (κ2) is 9.93. The maximum Gasteiger partial charge on any atom is 0.235 e. The number of piperazine rings is 1. The van der Waals surface area contributed by atoms with Crippen molar-refractivity contribution < 1.29 is 9.53 Å². The molecule has 7 heteroatoms. The second-order valence-corrected chi connectivity index (χ2v) is 7.87. The SMILES string of the molecule is CC(C)C(C)(C#N)NC(=O)CN1CCN(CCOc2ccc(Cl)cc2)CC1. The molecule has 1 saturated heterocycles. The van der Waals surface area contributed by atoms with Gasteiger partial charge in [-0.25, -0.2) is 0 Å². The summed E-state index contributed by atoms with van der Waals surface area (Å²) in [6.45, 7) is 10.9. The van der Waals surface area contributed by atoms with Gasteiger partial charge in [-0.3, -0.25) is 14.6 Å². The lowest BCUT2D eigenvalue weighted by Gasteiger charge is -2.35. The lowest BCUT2D eigenvalue weighted by molar-refractivity contribution is -0.124. The number of benzene rings is 1. The predicted molar refractivity (Wildman–Crippen MR) is 107 cm³/mol. The third-order valence-corrected chi connectivity index (χ3v) is 5.36. The maximum absolute atomic E-state index is 12.3. The van der Waals surface area contributed by atoms with Crippen molar-refractivity contribution in [3.8, 4) is 11.8 Å². The van der Waals surface area contributed by atoms with Crippen molar-refractivity contribution in [3.05, 3.63) is 29.3 Å². The van der Waals surface area contributed by atoms with Crippen molar-refractivity contribution in [1.82, 2.24) is 15.1 Å². The van der Waals surface area contributed by atoms with Crippen LogP contribution in [0.15, 0.2) is 24.3 Å². The minimum Gasteiger partial charge on any atom is -0.492 e. The summed E-state index contributed by atoms with van der Waals surface area (Å²) in [6, 6.07) is 9.58. The van der Waals surface area contributed by atoms with Gasteiger partial charge < -0.3 is 10.1 Å². The van der Waals surface area contributed by atoms with E-state index in [1.54, 1.807) is 6.92 Å². The van der Waals surface area contributed by atoms with Gasteiger partial charge in [0.1, 0.15) is 17.9 Å². The van der Waals surface area contributed by atoms with E-state index in [1.807, 2.05) is 38.1 Å². The molecule has 1 aromatic rings. The molecule has 1 N–H and O–H groups in total. The smallest absolute Gasteiger partial charge is 0.235 e. The monoisotopic (exact) mass is 392 g/mol. The molecule has 1 amide bonds. The fraction of sp³-hybridized carbons (Fsp3) is 0.600. The normalized spacial score (nSPS) is 17.9. The molecule has 0 aromatic heterocycles. The van der Waals surface area contributed by atoms with Crippen molar-refractivity contribution in [2.75, 3.05) is 45.9 Å². The minimum atomic E-state index is -0.822. The first-order chi connectivity index (χ1) is 12.8. The number of rotatable bonds is 8. The number of halogens is 1. The van der Waals surface area contributed by atoms with E-state index >= 15 is 0 Å². The molecule has 0 saturated carbocycles. The van der Waals surface area contributed by atoms with Gasteiger partial charge in [0.2, 0.25) is 5.91 Å². The molecule has 1 heterocycles. The molecule has 1 atom stereocenters. The van der Waals surface area contributed by atoms with Gasteiger partial charge in [-0.15, -0.1) is 0 Å². The summed E-state index contributed by atoms with van der Waals surface area (Å²) >= 11 is 5.86. The van der Waals surface area contributed by atoms with Crippen LogP contribution in [0.3, 0.4) is 0 Å². The van der Waals surface area contributed by atoms with Gasteiger partial charge in [-0.05, 0) is 37.1 Å². The number of carbonyl (C=O) groups is 1. The number of hydrogen-bond donors (Lipinski definition) is 1. The van der Waals surface area contributed by atoms with Crippen LogP contribution in [0.2, 0.25) is 5.02 Å². The summed E-state index contributed by atoms with van der Waals surface area (Å²) in [5.41, 5.74) is -0.822. The number of amides is 1. The Morgan fingerprint density at radius 1 is 1.26 bits per heavy atom. The van der Waals surface area contributed by atoms with E-state index in [-0.39, 0.29) is 11.8 Å². The van der Waals surface area contributed by atoms with Gasteiger partial charge in [0, 0.05) is 37.7 Å². The van der Waals surface area contributed by atoms with E-state index in [0.717, 1.165) is 38.5 Å². The molecule has 0 bridgehead atoms. The molecule has 0 radical (unpaired) electrons. The summed E-state index contributed by atoms with van der Waals surface area (Å²) in [7, 11) is 0. The van der Waals surface area contributed by atoms with Crippen LogP contribution in [0.5, 0.6) is 5.75 Å². The van der Waals surface area contributed by atoms with E-state index in [2.05, 4.69) is 21.2 Å². The van der Waals surface area contributed by atoms with Crippen molar-refractivity contribution in [2.45, 2.75) is 26.3 Å². The summed E-state index contributed by atoms with van der Waals surface area (Å²) in [5, 5.41) is 12.9. The maximum atomic E-state index is 12.3. The third kappa shape index (κ3) is 6.69. The Labute approximate surface area is 167 Å². The van der Waals surface area contributed by atoms with Gasteiger partial charge in [-0.1, -0.05) is 25.4 Å². The summed E-state index contributed by atoms with van der Waals surface area (Å²) < 4.78 is 5.74. The van der Waals surface area contributed by atoms with E-state index in [0.29, 0.717) is 18.2 Å². The van der Waals surface area contributed by atoms with Crippen molar-refractivity contribution >= 4 is 17.5 Å². The minimum absolute atomic E-state index is 0.0592. The van der Waals surface area contributed by atoms with Gasteiger partial charge in [0.05, 0.1) is 12.6 Å². The van der Waals surface area contributed by atoms with Gasteiger partial charge in [0.15, 0.2) is 0 Å². The number of nitriles is 1. The largest absolute Gasteiger partial charge is 0.492 e. The Morgan fingerprint density at radius 3 is 2.41 bits per heavy atom. The zero-order valence-corrected chi connectivity index (χ0v) is 17.1. The summed E-state index contributed by atoms with van der Waals surface area (Å²) in [4.78, 5) is 16.7. The highest BCUT2D eigenvalue weighted by atomic mass is 35.5. The highest BCUT2D eigenvalue weighted by Crippen LogP contribution is 2.16. The molecule has 6 nitrogen and oxygen atoms in total. The Bertz CT molecular complexity index is 651. The molecule has 1 fully saturated rings. The number of nitrogens with zero attached hydrogens (tertiary/aromatic N) is 3. The number of ether oxygens (including phenoxy) is 1. The quantitative estimate of drug-likeness (QED) is 0.735. The predicted octanol–water partition coefficient (Wildman–Crippen LogP) is 2.39. The van der Waals surface area contributed by atoms with E-state index in [1.165, 1.54) is 0 Å². The van der Waals surface area contributed by atoms with Crippen LogP contribution >= 0.6 is 11.6 Å². The molecule has 1 aliphatic heterocycles. The third-order valence-electron chi connectivity index (χ3n) is 5.11. The van der Waals surface area contributed by atoms with Crippen LogP contribution in [0.1, 0.15) is 20.8 Å². The number of nitrogens with one attached hydrogen (secondary N) is 1. The first-order valence-electron chi connectivity index (χ1n) is 9.38. The van der Waals surface area contributed by atoms with E-state index in [4.69, 9.17) is 16.3 Å². The number of hydrogen-bond acceptors (Lipinski definition) is 5. The van der Waals surface area contributed by atoms with Crippen LogP contribution in [0, 0.1) is 17.2 Å². The van der Waals surface area contributed by atoms with Crippen LogP contribution in [0.25, 0.3) is 0 Å². The molecule has 2 rings (SSSR count). The highest BCUT2D eigenvalue weighted by Gasteiger charge is 2.30. The number of carbonyl (C=O) groups excluding carboxylic acids is 1. The molecular formula is C20H29ClN4O2. The van der Waals surface area contributed by atoms with Crippen LogP contribution in [-0.2, 0) is 4.79 Å². The molecule has 1 aliphatic rings. The Kier molecular flexibility index (Phi) is 7.91. The molecule has 1 aromatic carbocycles. The fourth-order valence-corrected chi connectivity index (χ4v) is 2.95. The standard InChI is InChI=1S/C20H29ClN4O2/c1-16(2)20(3,15-22)23-19(26)14-25-10-8-24(9-11-25)12-13-27-18-6-4-17(21)5-7-18/h4-7,16H,8-14H2,1-3H3,(H,23,26). The molecule has 148 valence electrons. The molecule has 27 heavy (non-hydrogen) atoms. The Morgan fingerprint density at radius 2 is 1.85 bits per heavy atom. The van der Waals surface area contributed by atoms with Gasteiger partial charge >= 0.3 is 0 Å². The van der Waals surface area contributed by atoms with Crippen LogP contribution in [0.4, 0.5) is 0 Å². The highest BCUT2D eigenvalue weighted by molar-refractivity contribution is 6.30. The Balaban J connectivity index is 1.67. The van der Waals surface area contributed by atoms with Crippen LogP contribution < -0.4 is 10.1 Å². The van der Waals surface area contributed by atoms with Gasteiger partial charge in [-0.2, -0.15) is 5.26 Å². The summed E-state index contributed by atoms with van der Waals surface area (Å²) in [5.74, 6) is 0.789. The zero-order chi connectivity index (χ0) is 19.9. The molecule has 0 aliphatic carbocycles. The molecule has 0 spiro atoms. The average Bonchev–Trinajstić information content (AvgIpc) is 2.64. The second-order valence-electron chi connectivity index (χ2n) is 7.44. The van der Waals surface area contributed by atoms with Crippen molar-refractivity contribution in [1.29, 1.82) is 5.26 Å². The summed E-state index contributed by atoms with van der Waals surface area (Å²) in [6.07, 6.45) is 0. The van der Waals surface area contributed by atoms with Crippen molar-refractivity contribution in [2.24, 2.45) is 5.92 Å². The Hall–Kier alpha value is -1.81. The first-order valence-corrected chi connectivity index (χ1v) is 9.75. The van der Waals surface area contributed by atoms with Crippen LogP contribution in [-0.4, -0.2) is 67.1 Å². The lowest BCUT2D eigenvalue weighted by Crippen LogP contribution is -2.54. The zero-order valence-electron chi connectivity index (χ0n) is 16.4. The topological polar surface area (TPSA) is 68.6 Å². The first kappa shape index (κ1) is 21.5. The molecular weight excluding hydrogens is 364 g/mol. The molecule has 1 unspecified atom stereocenters. The van der Waals surface area contributed by atoms with E-state index in [9.17, 15) is 10.1 Å². The average molecular weight is 393 g/mol. The van der Waals surface area contributed by atoms with Crippen molar-refractivity contribution in [3.63, 3.8) is 0 Å².